The van der Waals surface area contributed by atoms with Gasteiger partial charge in [-0.25, -0.2) is 0 Å². The summed E-state index contributed by atoms with van der Waals surface area (Å²) in [4.78, 5) is 4.36. The van der Waals surface area contributed by atoms with Gasteiger partial charge >= 0.3 is 0 Å². The molecule has 0 radical (unpaired) electrons. The Bertz CT molecular complexity index is 553. The Morgan fingerprint density at radius 2 is 2.11 bits per heavy atom. The molecule has 0 aliphatic heterocycles. The Kier molecular flexibility index (Phi) is 2.83. The first-order valence-corrected chi connectivity index (χ1v) is 6.73. The van der Waals surface area contributed by atoms with Crippen molar-refractivity contribution in [3.8, 4) is 0 Å². The number of pyridine rings is 1. The maximum Gasteiger partial charge on any atom is 0.0877 e. The molecule has 0 amide bonds. The van der Waals surface area contributed by atoms with Gasteiger partial charge < -0.3 is 5.11 Å². The van der Waals surface area contributed by atoms with Crippen molar-refractivity contribution < 1.29 is 5.11 Å². The van der Waals surface area contributed by atoms with E-state index in [0.717, 1.165) is 22.9 Å². The van der Waals surface area contributed by atoms with Crippen LogP contribution in [0.3, 0.4) is 0 Å². The molecule has 18 heavy (non-hydrogen) atoms. The minimum atomic E-state index is -0.742. The highest BCUT2D eigenvalue weighted by atomic mass is 16.3. The fraction of sp³-hybridized carbons (Fsp3) is 0.438. The lowest BCUT2D eigenvalue weighted by Gasteiger charge is -2.34. The standard InChI is InChI=1S/C16H19NO/c1-16(18,11-12-5-2-6-12)14-8-3-9-15-13(14)7-4-10-17-15/h3-4,7-10,12,18H,2,5-6,11H2,1H3. The molecule has 0 bridgehead atoms. The average molecular weight is 241 g/mol. The van der Waals surface area contributed by atoms with Gasteiger partial charge in [-0.15, -0.1) is 0 Å². The fourth-order valence-corrected chi connectivity index (χ4v) is 2.94. The van der Waals surface area contributed by atoms with Gasteiger partial charge in [-0.1, -0.05) is 37.5 Å². The maximum atomic E-state index is 10.8. The van der Waals surface area contributed by atoms with Crippen molar-refractivity contribution in [2.45, 2.75) is 38.2 Å². The third-order valence-corrected chi connectivity index (χ3v) is 4.14. The summed E-state index contributed by atoms with van der Waals surface area (Å²) in [6, 6.07) is 10.00. The smallest absolute Gasteiger partial charge is 0.0877 e. The molecular formula is C16H19NO. The lowest BCUT2D eigenvalue weighted by atomic mass is 9.75. The summed E-state index contributed by atoms with van der Waals surface area (Å²) in [5, 5.41) is 11.9. The SMILES string of the molecule is CC(O)(CC1CCC1)c1cccc2ncccc12. The first kappa shape index (κ1) is 11.7. The molecule has 3 rings (SSSR count). The predicted octanol–water partition coefficient (Wildman–Crippen LogP) is 3.63. The van der Waals surface area contributed by atoms with Crippen molar-refractivity contribution in [1.29, 1.82) is 0 Å². The minimum absolute atomic E-state index is 0.687. The topological polar surface area (TPSA) is 33.1 Å². The molecule has 1 aliphatic rings. The van der Waals surface area contributed by atoms with Crippen LogP contribution in [0.5, 0.6) is 0 Å². The van der Waals surface area contributed by atoms with E-state index in [-0.39, 0.29) is 0 Å². The van der Waals surface area contributed by atoms with Gasteiger partial charge in [0.1, 0.15) is 0 Å². The molecule has 1 aliphatic carbocycles. The van der Waals surface area contributed by atoms with E-state index < -0.39 is 5.60 Å². The summed E-state index contributed by atoms with van der Waals surface area (Å²) >= 11 is 0. The molecule has 1 heterocycles. The summed E-state index contributed by atoms with van der Waals surface area (Å²) in [6.07, 6.45) is 6.50. The lowest BCUT2D eigenvalue weighted by Crippen LogP contribution is -2.28. The van der Waals surface area contributed by atoms with Crippen LogP contribution in [0.25, 0.3) is 10.9 Å². The third-order valence-electron chi connectivity index (χ3n) is 4.14. The van der Waals surface area contributed by atoms with E-state index in [1.54, 1.807) is 6.20 Å². The molecule has 1 fully saturated rings. The van der Waals surface area contributed by atoms with Crippen LogP contribution in [-0.4, -0.2) is 10.1 Å². The summed E-state index contributed by atoms with van der Waals surface area (Å²) < 4.78 is 0. The van der Waals surface area contributed by atoms with Crippen molar-refractivity contribution in [3.63, 3.8) is 0 Å². The van der Waals surface area contributed by atoms with Gasteiger partial charge in [0.2, 0.25) is 0 Å². The van der Waals surface area contributed by atoms with Crippen molar-refractivity contribution in [1.82, 2.24) is 4.98 Å². The summed E-state index contributed by atoms with van der Waals surface area (Å²) in [6.45, 7) is 1.94. The zero-order valence-corrected chi connectivity index (χ0v) is 10.8. The minimum Gasteiger partial charge on any atom is -0.385 e. The zero-order chi connectivity index (χ0) is 12.6. The molecule has 1 aromatic heterocycles. The van der Waals surface area contributed by atoms with Crippen LogP contribution in [0.2, 0.25) is 0 Å². The van der Waals surface area contributed by atoms with Gasteiger partial charge in [-0.3, -0.25) is 4.98 Å². The van der Waals surface area contributed by atoms with Gasteiger partial charge in [-0.2, -0.15) is 0 Å². The van der Waals surface area contributed by atoms with Gasteiger partial charge in [0, 0.05) is 11.6 Å². The van der Waals surface area contributed by atoms with Crippen LogP contribution >= 0.6 is 0 Å². The fourth-order valence-electron chi connectivity index (χ4n) is 2.94. The second-order valence-corrected chi connectivity index (χ2v) is 5.65. The van der Waals surface area contributed by atoms with Crippen LogP contribution in [0, 0.1) is 5.92 Å². The van der Waals surface area contributed by atoms with Gasteiger partial charge in [0.05, 0.1) is 11.1 Å². The Morgan fingerprint density at radius 1 is 1.28 bits per heavy atom. The number of aromatic nitrogens is 1. The molecule has 94 valence electrons. The summed E-state index contributed by atoms with van der Waals surface area (Å²) in [7, 11) is 0. The van der Waals surface area contributed by atoms with Crippen molar-refractivity contribution >= 4 is 10.9 Å². The van der Waals surface area contributed by atoms with E-state index in [4.69, 9.17) is 0 Å². The monoisotopic (exact) mass is 241 g/mol. The Hall–Kier alpha value is -1.41. The first-order chi connectivity index (χ1) is 8.67. The van der Waals surface area contributed by atoms with E-state index in [1.807, 2.05) is 37.3 Å². The Balaban J connectivity index is 2.01. The molecule has 2 nitrogen and oxygen atoms in total. The van der Waals surface area contributed by atoms with Crippen LogP contribution in [0.1, 0.15) is 38.2 Å². The second kappa shape index (κ2) is 4.36. The molecule has 1 saturated carbocycles. The largest absolute Gasteiger partial charge is 0.385 e. The van der Waals surface area contributed by atoms with Gasteiger partial charge in [0.25, 0.3) is 0 Å². The van der Waals surface area contributed by atoms with Crippen LogP contribution < -0.4 is 0 Å². The first-order valence-electron chi connectivity index (χ1n) is 6.73. The molecule has 0 saturated heterocycles. The number of rotatable bonds is 3. The third kappa shape index (κ3) is 2.01. The predicted molar refractivity (Wildman–Crippen MR) is 73.3 cm³/mol. The van der Waals surface area contributed by atoms with E-state index in [1.165, 1.54) is 19.3 Å². The average Bonchev–Trinajstić information content (AvgIpc) is 2.33. The maximum absolute atomic E-state index is 10.8. The Labute approximate surface area is 108 Å². The number of fused-ring (bicyclic) bond motifs is 1. The number of aliphatic hydroxyl groups is 1. The number of nitrogens with zero attached hydrogens (tertiary/aromatic N) is 1. The highest BCUT2D eigenvalue weighted by Crippen LogP contribution is 2.39. The molecule has 2 heteroatoms. The summed E-state index contributed by atoms with van der Waals surface area (Å²) in [5.74, 6) is 0.687. The van der Waals surface area contributed by atoms with E-state index in [2.05, 4.69) is 4.98 Å². The van der Waals surface area contributed by atoms with Gasteiger partial charge in [0.15, 0.2) is 0 Å². The van der Waals surface area contributed by atoms with Gasteiger partial charge in [-0.05, 0) is 37.0 Å². The highest BCUT2D eigenvalue weighted by Gasteiger charge is 2.31. The number of hydrogen-bond acceptors (Lipinski definition) is 2. The lowest BCUT2D eigenvalue weighted by molar-refractivity contribution is 0.0175. The van der Waals surface area contributed by atoms with Crippen LogP contribution in [0.15, 0.2) is 36.5 Å². The Morgan fingerprint density at radius 3 is 2.83 bits per heavy atom. The molecule has 1 atom stereocenters. The number of hydrogen-bond donors (Lipinski definition) is 1. The molecule has 2 aromatic rings. The van der Waals surface area contributed by atoms with Crippen molar-refractivity contribution in [3.05, 3.63) is 42.1 Å². The summed E-state index contributed by atoms with van der Waals surface area (Å²) in [5.41, 5.74) is 1.23. The van der Waals surface area contributed by atoms with Crippen molar-refractivity contribution in [2.24, 2.45) is 5.92 Å². The molecule has 1 aromatic carbocycles. The van der Waals surface area contributed by atoms with Crippen LogP contribution in [0.4, 0.5) is 0 Å². The highest BCUT2D eigenvalue weighted by molar-refractivity contribution is 5.82. The van der Waals surface area contributed by atoms with E-state index >= 15 is 0 Å². The molecule has 1 N–H and O–H groups in total. The number of benzene rings is 1. The normalized spacial score (nSPS) is 19.4. The quantitative estimate of drug-likeness (QED) is 0.890. The zero-order valence-electron chi connectivity index (χ0n) is 10.8. The molecular weight excluding hydrogens is 222 g/mol. The van der Waals surface area contributed by atoms with E-state index in [9.17, 15) is 5.11 Å². The van der Waals surface area contributed by atoms with Crippen LogP contribution in [-0.2, 0) is 5.60 Å². The van der Waals surface area contributed by atoms with E-state index in [0.29, 0.717) is 5.92 Å². The second-order valence-electron chi connectivity index (χ2n) is 5.65. The molecule has 1 unspecified atom stereocenters. The van der Waals surface area contributed by atoms with Crippen molar-refractivity contribution in [2.75, 3.05) is 0 Å². The molecule has 0 spiro atoms.